The SMILES string of the molecule is CCCCN=Cc1nc(C)cs1. The van der Waals surface area contributed by atoms with Gasteiger partial charge in [-0.15, -0.1) is 11.3 Å². The van der Waals surface area contributed by atoms with Gasteiger partial charge >= 0.3 is 0 Å². The molecule has 0 aliphatic rings. The molecule has 1 aromatic heterocycles. The van der Waals surface area contributed by atoms with Crippen molar-refractivity contribution in [3.05, 3.63) is 16.1 Å². The van der Waals surface area contributed by atoms with E-state index in [1.54, 1.807) is 11.3 Å². The van der Waals surface area contributed by atoms with Gasteiger partial charge in [-0.05, 0) is 13.3 Å². The Kier molecular flexibility index (Phi) is 3.94. The van der Waals surface area contributed by atoms with E-state index in [1.807, 2.05) is 18.5 Å². The molecule has 0 saturated heterocycles. The van der Waals surface area contributed by atoms with Gasteiger partial charge in [0.2, 0.25) is 0 Å². The molecule has 12 heavy (non-hydrogen) atoms. The lowest BCUT2D eigenvalue weighted by Crippen LogP contribution is -1.83. The highest BCUT2D eigenvalue weighted by Gasteiger charge is 1.92. The van der Waals surface area contributed by atoms with E-state index in [2.05, 4.69) is 16.9 Å². The minimum absolute atomic E-state index is 0.926. The minimum atomic E-state index is 0.926. The minimum Gasteiger partial charge on any atom is -0.290 e. The molecule has 66 valence electrons. The van der Waals surface area contributed by atoms with E-state index >= 15 is 0 Å². The molecule has 0 radical (unpaired) electrons. The molecule has 2 nitrogen and oxygen atoms in total. The Morgan fingerprint density at radius 2 is 2.50 bits per heavy atom. The molecule has 1 aromatic rings. The van der Waals surface area contributed by atoms with Gasteiger partial charge in [0, 0.05) is 17.6 Å². The summed E-state index contributed by atoms with van der Waals surface area (Å²) in [5.74, 6) is 0. The maximum Gasteiger partial charge on any atom is 0.134 e. The third-order valence-electron chi connectivity index (χ3n) is 1.48. The molecule has 0 amide bonds. The molecule has 1 rings (SSSR count). The van der Waals surface area contributed by atoms with Crippen LogP contribution in [-0.2, 0) is 0 Å². The molecule has 0 saturated carbocycles. The molecule has 0 bridgehead atoms. The average Bonchev–Trinajstić information content (AvgIpc) is 2.45. The molecule has 0 aliphatic heterocycles. The number of nitrogens with zero attached hydrogens (tertiary/aromatic N) is 2. The summed E-state index contributed by atoms with van der Waals surface area (Å²) in [7, 11) is 0. The second-order valence-electron chi connectivity index (χ2n) is 2.72. The second kappa shape index (κ2) is 5.04. The van der Waals surface area contributed by atoms with E-state index in [9.17, 15) is 0 Å². The van der Waals surface area contributed by atoms with Crippen LogP contribution in [0, 0.1) is 6.92 Å². The number of thiazole rings is 1. The summed E-state index contributed by atoms with van der Waals surface area (Å²) in [4.78, 5) is 8.55. The van der Waals surface area contributed by atoms with Crippen molar-refractivity contribution in [2.24, 2.45) is 4.99 Å². The number of hydrogen-bond acceptors (Lipinski definition) is 3. The average molecular weight is 182 g/mol. The Bertz CT molecular complexity index is 253. The van der Waals surface area contributed by atoms with E-state index in [0.717, 1.165) is 17.2 Å². The lowest BCUT2D eigenvalue weighted by molar-refractivity contribution is 0.810. The van der Waals surface area contributed by atoms with Crippen LogP contribution in [0.25, 0.3) is 0 Å². The Morgan fingerprint density at radius 3 is 3.08 bits per heavy atom. The van der Waals surface area contributed by atoms with Crippen LogP contribution in [0.4, 0.5) is 0 Å². The smallest absolute Gasteiger partial charge is 0.134 e. The summed E-state index contributed by atoms with van der Waals surface area (Å²) >= 11 is 1.65. The van der Waals surface area contributed by atoms with E-state index in [4.69, 9.17) is 0 Å². The summed E-state index contributed by atoms with van der Waals surface area (Å²) in [5, 5.41) is 3.06. The van der Waals surface area contributed by atoms with Crippen molar-refractivity contribution in [3.8, 4) is 0 Å². The first kappa shape index (κ1) is 9.39. The van der Waals surface area contributed by atoms with Gasteiger partial charge in [0.05, 0.1) is 6.21 Å². The highest BCUT2D eigenvalue weighted by Crippen LogP contribution is 2.05. The Morgan fingerprint density at radius 1 is 1.67 bits per heavy atom. The molecule has 0 aliphatic carbocycles. The predicted octanol–water partition coefficient (Wildman–Crippen LogP) is 2.67. The largest absolute Gasteiger partial charge is 0.290 e. The summed E-state index contributed by atoms with van der Waals surface area (Å²) in [6, 6.07) is 0. The molecule has 0 aromatic carbocycles. The number of hydrogen-bond donors (Lipinski definition) is 0. The number of aryl methyl sites for hydroxylation is 1. The Hall–Kier alpha value is -0.700. The topological polar surface area (TPSA) is 25.2 Å². The second-order valence-corrected chi connectivity index (χ2v) is 3.61. The zero-order chi connectivity index (χ0) is 8.81. The molecule has 0 unspecified atom stereocenters. The van der Waals surface area contributed by atoms with E-state index < -0.39 is 0 Å². The van der Waals surface area contributed by atoms with E-state index in [1.165, 1.54) is 12.8 Å². The van der Waals surface area contributed by atoms with Gasteiger partial charge < -0.3 is 0 Å². The van der Waals surface area contributed by atoms with Gasteiger partial charge in [0.25, 0.3) is 0 Å². The highest BCUT2D eigenvalue weighted by atomic mass is 32.1. The van der Waals surface area contributed by atoms with Gasteiger partial charge in [0.15, 0.2) is 0 Å². The molecular weight excluding hydrogens is 168 g/mol. The summed E-state index contributed by atoms with van der Waals surface area (Å²) in [6.45, 7) is 5.10. The number of aromatic nitrogens is 1. The first-order valence-electron chi connectivity index (χ1n) is 4.25. The van der Waals surface area contributed by atoms with Crippen molar-refractivity contribution in [2.45, 2.75) is 26.7 Å². The number of unbranched alkanes of at least 4 members (excludes halogenated alkanes) is 1. The zero-order valence-electron chi connectivity index (χ0n) is 7.58. The fourth-order valence-corrected chi connectivity index (χ4v) is 1.50. The van der Waals surface area contributed by atoms with Crippen LogP contribution in [0.15, 0.2) is 10.4 Å². The Balaban J connectivity index is 2.36. The third-order valence-corrected chi connectivity index (χ3v) is 2.38. The van der Waals surface area contributed by atoms with Crippen LogP contribution in [0.3, 0.4) is 0 Å². The lowest BCUT2D eigenvalue weighted by atomic mass is 10.3. The maximum absolute atomic E-state index is 4.28. The normalized spacial score (nSPS) is 11.2. The fraction of sp³-hybridized carbons (Fsp3) is 0.556. The predicted molar refractivity (Wildman–Crippen MR) is 54.2 cm³/mol. The van der Waals surface area contributed by atoms with E-state index in [-0.39, 0.29) is 0 Å². The monoisotopic (exact) mass is 182 g/mol. The van der Waals surface area contributed by atoms with Crippen molar-refractivity contribution in [2.75, 3.05) is 6.54 Å². The van der Waals surface area contributed by atoms with Crippen molar-refractivity contribution < 1.29 is 0 Å². The summed E-state index contributed by atoms with van der Waals surface area (Å²) in [6.07, 6.45) is 4.24. The van der Waals surface area contributed by atoms with Crippen LogP contribution in [0.1, 0.15) is 30.5 Å². The molecule has 0 N–H and O–H groups in total. The molecule has 3 heteroatoms. The third kappa shape index (κ3) is 3.13. The molecule has 1 heterocycles. The maximum atomic E-state index is 4.28. The highest BCUT2D eigenvalue weighted by molar-refractivity contribution is 7.11. The fourth-order valence-electron chi connectivity index (χ4n) is 0.824. The van der Waals surface area contributed by atoms with Crippen molar-refractivity contribution in [3.63, 3.8) is 0 Å². The van der Waals surface area contributed by atoms with Gasteiger partial charge in [-0.3, -0.25) is 4.99 Å². The Labute approximate surface area is 77.4 Å². The first-order valence-corrected chi connectivity index (χ1v) is 5.13. The quantitative estimate of drug-likeness (QED) is 0.519. The number of rotatable bonds is 4. The van der Waals surface area contributed by atoms with E-state index in [0.29, 0.717) is 0 Å². The van der Waals surface area contributed by atoms with Gasteiger partial charge in [-0.25, -0.2) is 4.98 Å². The van der Waals surface area contributed by atoms with Gasteiger partial charge in [-0.1, -0.05) is 13.3 Å². The van der Waals surface area contributed by atoms with Crippen molar-refractivity contribution in [1.82, 2.24) is 4.98 Å². The summed E-state index contributed by atoms with van der Waals surface area (Å²) in [5.41, 5.74) is 1.08. The lowest BCUT2D eigenvalue weighted by Gasteiger charge is -1.87. The number of aliphatic imine (C=N–C) groups is 1. The van der Waals surface area contributed by atoms with Gasteiger partial charge in [0.1, 0.15) is 5.01 Å². The zero-order valence-corrected chi connectivity index (χ0v) is 8.40. The molecule has 0 atom stereocenters. The molecule has 0 spiro atoms. The van der Waals surface area contributed by atoms with Crippen LogP contribution >= 0.6 is 11.3 Å². The van der Waals surface area contributed by atoms with Gasteiger partial charge in [-0.2, -0.15) is 0 Å². The van der Waals surface area contributed by atoms with Crippen LogP contribution in [0.5, 0.6) is 0 Å². The first-order chi connectivity index (χ1) is 5.83. The van der Waals surface area contributed by atoms with Crippen molar-refractivity contribution in [1.29, 1.82) is 0 Å². The van der Waals surface area contributed by atoms with Crippen molar-refractivity contribution >= 4 is 17.6 Å². The summed E-state index contributed by atoms with van der Waals surface area (Å²) < 4.78 is 0. The van der Waals surface area contributed by atoms with Crippen LogP contribution in [0.2, 0.25) is 0 Å². The van der Waals surface area contributed by atoms with Crippen LogP contribution in [-0.4, -0.2) is 17.7 Å². The molecular formula is C9H14N2S. The van der Waals surface area contributed by atoms with Crippen LogP contribution < -0.4 is 0 Å². The standard InChI is InChI=1S/C9H14N2S/c1-3-4-5-10-6-9-11-8(2)7-12-9/h6-7H,3-5H2,1-2H3. The molecule has 0 fully saturated rings.